The van der Waals surface area contributed by atoms with E-state index in [1.165, 1.54) is 69.8 Å². The van der Waals surface area contributed by atoms with Gasteiger partial charge in [0.15, 0.2) is 0 Å². The fraction of sp³-hybridized carbons (Fsp3) is 0.619. The van der Waals surface area contributed by atoms with E-state index in [-0.39, 0.29) is 13.7 Å². The average Bonchev–Trinajstić information content (AvgIpc) is 2.69. The van der Waals surface area contributed by atoms with E-state index in [2.05, 4.69) is 11.9 Å². The van der Waals surface area contributed by atoms with E-state index in [0.29, 0.717) is 12.7 Å². The van der Waals surface area contributed by atoms with Gasteiger partial charge in [-0.1, -0.05) is 70.5 Å². The Morgan fingerprint density at radius 1 is 0.885 bits per heavy atom. The first-order valence-corrected chi connectivity index (χ1v) is 14.0. The summed E-state index contributed by atoms with van der Waals surface area (Å²) in [6.45, 7) is 0. The van der Waals surface area contributed by atoms with Gasteiger partial charge in [0.05, 0.1) is 0 Å². The van der Waals surface area contributed by atoms with E-state index in [1.54, 1.807) is 12.1 Å². The summed E-state index contributed by atoms with van der Waals surface area (Å²) in [4.78, 5) is 0. The predicted molar refractivity (Wildman–Crippen MR) is 112 cm³/mol. The minimum atomic E-state index is -0.135. The Hall–Kier alpha value is 0.394. The molecule has 2 saturated carbocycles. The molecule has 0 spiro atoms. The molecule has 2 aliphatic rings. The van der Waals surface area contributed by atoms with Crippen molar-refractivity contribution in [2.75, 3.05) is 0 Å². The minimum absolute atomic E-state index is 0.0459. The molecular formula is C21H30Cl2FNiP. The molecule has 150 valence electrons. The second-order valence-electron chi connectivity index (χ2n) is 7.29. The average molecular weight is 462 g/mol. The zero-order valence-corrected chi connectivity index (χ0v) is 18.7. The molecule has 0 aromatic heterocycles. The SMILES string of the molecule is Fc1ccc(CC=CP(C2CCCCC2)C2CCCCC2)cc1.[Cl][Ni][Cl]. The van der Waals surface area contributed by atoms with Crippen molar-refractivity contribution in [2.24, 2.45) is 0 Å². The number of halogens is 3. The molecule has 0 heterocycles. The van der Waals surface area contributed by atoms with Gasteiger partial charge < -0.3 is 0 Å². The zero-order chi connectivity index (χ0) is 18.6. The Balaban J connectivity index is 0.000000758. The van der Waals surface area contributed by atoms with Gasteiger partial charge in [0.1, 0.15) is 5.82 Å². The standard InChI is InChI=1S/C21H30FP.2ClH.Ni/c22-19-15-13-18(14-16-19)8-7-17-23(20-9-3-1-4-10-20)21-11-5-2-6-12-21;;;/h7,13-17,20-21H,1-6,8-12H2;2*1H;/q;;;+2/p-2. The second-order valence-corrected chi connectivity index (χ2v) is 11.6. The molecule has 1 aromatic rings. The van der Waals surface area contributed by atoms with Crippen LogP contribution in [0.5, 0.6) is 0 Å². The van der Waals surface area contributed by atoms with Gasteiger partial charge >= 0.3 is 33.0 Å². The van der Waals surface area contributed by atoms with Crippen LogP contribution in [0.3, 0.4) is 0 Å². The number of hydrogen-bond donors (Lipinski definition) is 0. The summed E-state index contributed by atoms with van der Waals surface area (Å²) in [6.07, 6.45) is 17.9. The van der Waals surface area contributed by atoms with Crippen LogP contribution in [0.1, 0.15) is 69.8 Å². The molecule has 0 saturated heterocycles. The van der Waals surface area contributed by atoms with E-state index < -0.39 is 0 Å². The maximum absolute atomic E-state index is 13.0. The van der Waals surface area contributed by atoms with Crippen molar-refractivity contribution in [3.63, 3.8) is 0 Å². The summed E-state index contributed by atoms with van der Waals surface area (Å²) in [7, 11) is 9.45. The number of rotatable bonds is 5. The molecule has 0 bridgehead atoms. The molecule has 0 atom stereocenters. The monoisotopic (exact) mass is 460 g/mol. The van der Waals surface area contributed by atoms with Crippen LogP contribution in [0.2, 0.25) is 0 Å². The third-order valence-corrected chi connectivity index (χ3v) is 8.81. The molecule has 0 N–H and O–H groups in total. The van der Waals surface area contributed by atoms with E-state index in [4.69, 9.17) is 20.4 Å². The molecular weight excluding hydrogens is 432 g/mol. The molecule has 1 aromatic carbocycles. The van der Waals surface area contributed by atoms with Crippen LogP contribution in [0.15, 0.2) is 36.2 Å². The van der Waals surface area contributed by atoms with Crippen LogP contribution < -0.4 is 0 Å². The van der Waals surface area contributed by atoms with Crippen LogP contribution in [-0.4, -0.2) is 11.3 Å². The summed E-state index contributed by atoms with van der Waals surface area (Å²) in [5, 5.41) is 0. The maximum atomic E-state index is 13.0. The molecule has 0 amide bonds. The fourth-order valence-electron chi connectivity index (χ4n) is 4.23. The summed E-state index contributed by atoms with van der Waals surface area (Å²) in [5.74, 6) is 2.47. The Morgan fingerprint density at radius 2 is 1.35 bits per heavy atom. The van der Waals surface area contributed by atoms with Crippen LogP contribution in [-0.2, 0) is 19.1 Å². The first kappa shape index (κ1) is 22.7. The third-order valence-electron chi connectivity index (χ3n) is 5.54. The van der Waals surface area contributed by atoms with Crippen molar-refractivity contribution >= 4 is 28.3 Å². The van der Waals surface area contributed by atoms with E-state index in [9.17, 15) is 4.39 Å². The summed E-state index contributed by atoms with van der Waals surface area (Å²) in [5.41, 5.74) is 3.18. The Kier molecular flexibility index (Phi) is 11.8. The van der Waals surface area contributed by atoms with Gasteiger partial charge in [0.2, 0.25) is 0 Å². The van der Waals surface area contributed by atoms with Crippen molar-refractivity contribution in [3.05, 3.63) is 47.5 Å². The topological polar surface area (TPSA) is 0 Å². The van der Waals surface area contributed by atoms with Gasteiger partial charge in [0.25, 0.3) is 0 Å². The van der Waals surface area contributed by atoms with Crippen molar-refractivity contribution in [3.8, 4) is 0 Å². The second kappa shape index (κ2) is 13.6. The van der Waals surface area contributed by atoms with Crippen molar-refractivity contribution in [1.82, 2.24) is 0 Å². The molecule has 5 heteroatoms. The fourth-order valence-corrected chi connectivity index (χ4v) is 7.59. The molecule has 0 aliphatic heterocycles. The van der Waals surface area contributed by atoms with E-state index >= 15 is 0 Å². The van der Waals surface area contributed by atoms with Gasteiger partial charge in [-0.25, -0.2) is 4.39 Å². The Bertz CT molecular complexity index is 493. The third kappa shape index (κ3) is 8.18. The summed E-state index contributed by atoms with van der Waals surface area (Å²) < 4.78 is 13.0. The first-order valence-electron chi connectivity index (χ1n) is 9.75. The predicted octanol–water partition coefficient (Wildman–Crippen LogP) is 8.41. The molecule has 3 rings (SSSR count). The van der Waals surface area contributed by atoms with Crippen molar-refractivity contribution in [2.45, 2.75) is 81.9 Å². The quantitative estimate of drug-likeness (QED) is 0.305. The summed E-state index contributed by atoms with van der Waals surface area (Å²) >= 11 is 0.569. The van der Waals surface area contributed by atoms with Gasteiger partial charge in [-0.3, -0.25) is 0 Å². The molecule has 0 radical (unpaired) electrons. The Labute approximate surface area is 174 Å². The van der Waals surface area contributed by atoms with Crippen molar-refractivity contribution < 1.29 is 17.0 Å². The van der Waals surface area contributed by atoms with Crippen LogP contribution in [0.4, 0.5) is 4.39 Å². The summed E-state index contributed by atoms with van der Waals surface area (Å²) in [6, 6.07) is 6.99. The van der Waals surface area contributed by atoms with Crippen LogP contribution in [0, 0.1) is 5.82 Å². The molecule has 2 fully saturated rings. The zero-order valence-electron chi connectivity index (χ0n) is 15.3. The normalized spacial score (nSPS) is 19.7. The molecule has 26 heavy (non-hydrogen) atoms. The van der Waals surface area contributed by atoms with Gasteiger partial charge in [0, 0.05) is 0 Å². The number of hydrogen-bond acceptors (Lipinski definition) is 0. The van der Waals surface area contributed by atoms with Gasteiger partial charge in [-0.15, -0.1) is 0 Å². The van der Waals surface area contributed by atoms with Crippen LogP contribution in [0.25, 0.3) is 0 Å². The number of allylic oxidation sites excluding steroid dienone is 1. The van der Waals surface area contributed by atoms with Gasteiger partial charge in [-0.2, -0.15) is 0 Å². The molecule has 0 unspecified atom stereocenters. The first-order chi connectivity index (χ1) is 12.7. The Morgan fingerprint density at radius 3 is 1.81 bits per heavy atom. The molecule has 2 aliphatic carbocycles. The van der Waals surface area contributed by atoms with E-state index in [1.807, 2.05) is 12.1 Å². The van der Waals surface area contributed by atoms with Gasteiger partial charge in [-0.05, 0) is 61.1 Å². The van der Waals surface area contributed by atoms with Crippen LogP contribution >= 0.6 is 28.3 Å². The van der Waals surface area contributed by atoms with Crippen molar-refractivity contribution in [1.29, 1.82) is 0 Å². The number of benzene rings is 1. The molecule has 0 nitrogen and oxygen atoms in total. The van der Waals surface area contributed by atoms with E-state index in [0.717, 1.165) is 17.7 Å².